The second kappa shape index (κ2) is 6.75. The van der Waals surface area contributed by atoms with Gasteiger partial charge in [-0.15, -0.1) is 0 Å². The van der Waals surface area contributed by atoms with Crippen molar-refractivity contribution in [1.82, 2.24) is 0 Å². The van der Waals surface area contributed by atoms with Gasteiger partial charge in [0.1, 0.15) is 6.07 Å². The Morgan fingerprint density at radius 2 is 2.17 bits per heavy atom. The molecule has 1 N–H and O–H groups in total. The molecule has 2 saturated heterocycles. The summed E-state index contributed by atoms with van der Waals surface area (Å²) >= 11 is 0. The average molecular weight is 331 g/mol. The van der Waals surface area contributed by atoms with Crippen molar-refractivity contribution in [3.63, 3.8) is 0 Å². The number of hydrogen-bond acceptors (Lipinski definition) is 6. The van der Waals surface area contributed by atoms with Gasteiger partial charge in [-0.25, -0.2) is 0 Å². The average Bonchev–Trinajstić information content (AvgIpc) is 2.61. The number of nitrogens with zero attached hydrogens (tertiary/aromatic N) is 3. The molecule has 0 amide bonds. The van der Waals surface area contributed by atoms with Crippen LogP contribution in [-0.2, 0) is 4.74 Å². The molecule has 0 aromatic heterocycles. The lowest BCUT2D eigenvalue weighted by atomic mass is 9.72. The van der Waals surface area contributed by atoms with Crippen molar-refractivity contribution in [2.75, 3.05) is 31.3 Å². The van der Waals surface area contributed by atoms with E-state index in [0.717, 1.165) is 45.4 Å². The highest BCUT2D eigenvalue weighted by Gasteiger charge is 2.41. The van der Waals surface area contributed by atoms with E-state index in [2.05, 4.69) is 11.0 Å². The van der Waals surface area contributed by atoms with Crippen molar-refractivity contribution < 1.29 is 14.8 Å². The van der Waals surface area contributed by atoms with E-state index >= 15 is 0 Å². The number of ether oxygens (including phenoxy) is 1. The number of nitriles is 1. The van der Waals surface area contributed by atoms with E-state index in [4.69, 9.17) is 4.74 Å². The van der Waals surface area contributed by atoms with Crippen molar-refractivity contribution in [3.8, 4) is 6.07 Å². The van der Waals surface area contributed by atoms with Crippen LogP contribution in [-0.4, -0.2) is 42.4 Å². The molecule has 1 aromatic rings. The molecule has 3 rings (SSSR count). The molecule has 1 aromatic carbocycles. The van der Waals surface area contributed by atoms with Crippen LogP contribution in [0.4, 0.5) is 11.4 Å². The fourth-order valence-corrected chi connectivity index (χ4v) is 3.86. The van der Waals surface area contributed by atoms with E-state index in [0.29, 0.717) is 5.69 Å². The topological polar surface area (TPSA) is 99.6 Å². The zero-order valence-corrected chi connectivity index (χ0v) is 13.5. The summed E-state index contributed by atoms with van der Waals surface area (Å²) in [6, 6.07) is 6.39. The third-order valence-corrected chi connectivity index (χ3v) is 5.34. The van der Waals surface area contributed by atoms with Gasteiger partial charge in [0.15, 0.2) is 0 Å². The third kappa shape index (κ3) is 3.07. The zero-order chi connectivity index (χ0) is 17.2. The third-order valence-electron chi connectivity index (χ3n) is 5.34. The van der Waals surface area contributed by atoms with Gasteiger partial charge in [-0.05, 0) is 37.2 Å². The Bertz CT molecular complexity index is 664. The minimum atomic E-state index is -0.496. The summed E-state index contributed by atoms with van der Waals surface area (Å²) in [5, 5.41) is 30.1. The molecule has 0 aliphatic carbocycles. The van der Waals surface area contributed by atoms with Crippen molar-refractivity contribution >= 4 is 11.4 Å². The molecular weight excluding hydrogens is 310 g/mol. The Kier molecular flexibility index (Phi) is 4.69. The number of benzene rings is 1. The Morgan fingerprint density at radius 3 is 2.79 bits per heavy atom. The van der Waals surface area contributed by atoms with Gasteiger partial charge in [0.2, 0.25) is 0 Å². The van der Waals surface area contributed by atoms with Crippen LogP contribution in [0, 0.1) is 26.9 Å². The first kappa shape index (κ1) is 16.7. The van der Waals surface area contributed by atoms with E-state index in [1.807, 2.05) is 0 Å². The fraction of sp³-hybridized carbons (Fsp3) is 0.588. The predicted octanol–water partition coefficient (Wildman–Crippen LogP) is 2.22. The number of hydrogen-bond donors (Lipinski definition) is 1. The minimum absolute atomic E-state index is 0.00837. The maximum Gasteiger partial charge on any atom is 0.270 e. The lowest BCUT2D eigenvalue weighted by Gasteiger charge is -2.49. The van der Waals surface area contributed by atoms with Gasteiger partial charge in [0.25, 0.3) is 5.69 Å². The highest BCUT2D eigenvalue weighted by atomic mass is 16.6. The number of nitro groups is 1. The smallest absolute Gasteiger partial charge is 0.270 e. The molecule has 0 bridgehead atoms. The van der Waals surface area contributed by atoms with Crippen LogP contribution in [0.5, 0.6) is 0 Å². The normalized spacial score (nSPS) is 23.0. The molecule has 0 radical (unpaired) electrons. The van der Waals surface area contributed by atoms with Crippen molar-refractivity contribution in [2.45, 2.75) is 31.7 Å². The fourth-order valence-electron chi connectivity index (χ4n) is 3.86. The first-order chi connectivity index (χ1) is 11.6. The van der Waals surface area contributed by atoms with Crippen molar-refractivity contribution in [2.24, 2.45) is 5.41 Å². The Balaban J connectivity index is 1.95. The van der Waals surface area contributed by atoms with Crippen LogP contribution in [0.3, 0.4) is 0 Å². The molecule has 2 aliphatic heterocycles. The zero-order valence-electron chi connectivity index (χ0n) is 13.5. The summed E-state index contributed by atoms with van der Waals surface area (Å²) in [6.45, 7) is 2.23. The summed E-state index contributed by atoms with van der Waals surface area (Å²) < 4.78 is 5.48. The molecule has 1 atom stereocenters. The quantitative estimate of drug-likeness (QED) is 0.673. The molecule has 7 nitrogen and oxygen atoms in total. The number of nitro benzene ring substituents is 1. The Hall–Kier alpha value is -2.17. The van der Waals surface area contributed by atoms with Crippen LogP contribution in [0.1, 0.15) is 31.2 Å². The maximum absolute atomic E-state index is 10.9. The molecule has 7 heteroatoms. The molecule has 1 unspecified atom stereocenters. The molecule has 2 heterocycles. The largest absolute Gasteiger partial charge is 0.394 e. The molecular formula is C17H21N3O4. The number of non-ortho nitro benzene ring substituents is 1. The Morgan fingerprint density at radius 1 is 1.42 bits per heavy atom. The highest BCUT2D eigenvalue weighted by Crippen LogP contribution is 2.43. The molecule has 2 aliphatic rings. The minimum Gasteiger partial charge on any atom is -0.394 e. The first-order valence-corrected chi connectivity index (χ1v) is 8.22. The summed E-state index contributed by atoms with van der Waals surface area (Å²) in [6.07, 6.45) is 3.82. The van der Waals surface area contributed by atoms with Crippen LogP contribution in [0.2, 0.25) is 0 Å². The van der Waals surface area contributed by atoms with Gasteiger partial charge in [0, 0.05) is 31.9 Å². The van der Waals surface area contributed by atoms with Crippen LogP contribution < -0.4 is 4.90 Å². The number of anilines is 1. The van der Waals surface area contributed by atoms with E-state index in [-0.39, 0.29) is 29.3 Å². The standard InChI is InChI=1S/C17H21N3O4/c18-10-13-9-14(20(22)23)1-2-16(13)19-12-17(4-3-15(19)11-21)5-7-24-8-6-17/h1-2,9,15,21H,3-8,11-12H2. The van der Waals surface area contributed by atoms with Crippen LogP contribution >= 0.6 is 0 Å². The SMILES string of the molecule is N#Cc1cc([N+](=O)[O-])ccc1N1CC2(CCOCC2)CCC1CO. The predicted molar refractivity (Wildman–Crippen MR) is 87.8 cm³/mol. The summed E-state index contributed by atoms with van der Waals surface area (Å²) in [4.78, 5) is 12.5. The second-order valence-electron chi connectivity index (χ2n) is 6.69. The number of piperidine rings is 1. The monoisotopic (exact) mass is 331 g/mol. The lowest BCUT2D eigenvalue weighted by molar-refractivity contribution is -0.384. The van der Waals surface area contributed by atoms with Gasteiger partial charge in [-0.2, -0.15) is 5.26 Å². The van der Waals surface area contributed by atoms with Gasteiger partial charge < -0.3 is 14.7 Å². The number of aliphatic hydroxyl groups is 1. The van der Waals surface area contributed by atoms with Crippen LogP contribution in [0.15, 0.2) is 18.2 Å². The molecule has 0 saturated carbocycles. The molecule has 2 fully saturated rings. The summed E-state index contributed by atoms with van der Waals surface area (Å²) in [5.74, 6) is 0. The lowest BCUT2D eigenvalue weighted by Crippen LogP contribution is -2.52. The van der Waals surface area contributed by atoms with E-state index in [9.17, 15) is 20.5 Å². The molecule has 1 spiro atoms. The van der Waals surface area contributed by atoms with Crippen molar-refractivity contribution in [3.05, 3.63) is 33.9 Å². The highest BCUT2D eigenvalue weighted by molar-refractivity contribution is 5.64. The summed E-state index contributed by atoms with van der Waals surface area (Å²) in [7, 11) is 0. The van der Waals surface area contributed by atoms with E-state index in [1.165, 1.54) is 12.1 Å². The summed E-state index contributed by atoms with van der Waals surface area (Å²) in [5.41, 5.74) is 1.01. The number of rotatable bonds is 3. The second-order valence-corrected chi connectivity index (χ2v) is 6.69. The van der Waals surface area contributed by atoms with E-state index in [1.54, 1.807) is 6.07 Å². The van der Waals surface area contributed by atoms with Gasteiger partial charge >= 0.3 is 0 Å². The Labute approximate surface area is 140 Å². The van der Waals surface area contributed by atoms with Crippen molar-refractivity contribution in [1.29, 1.82) is 5.26 Å². The van der Waals surface area contributed by atoms with Crippen LogP contribution in [0.25, 0.3) is 0 Å². The molecule has 24 heavy (non-hydrogen) atoms. The molecule has 128 valence electrons. The van der Waals surface area contributed by atoms with Gasteiger partial charge in [0.05, 0.1) is 28.8 Å². The number of aliphatic hydroxyl groups excluding tert-OH is 1. The maximum atomic E-state index is 10.9. The first-order valence-electron chi connectivity index (χ1n) is 8.22. The van der Waals surface area contributed by atoms with Gasteiger partial charge in [-0.1, -0.05) is 0 Å². The van der Waals surface area contributed by atoms with Gasteiger partial charge in [-0.3, -0.25) is 10.1 Å². The van der Waals surface area contributed by atoms with E-state index < -0.39 is 4.92 Å².